The van der Waals surface area contributed by atoms with Crippen LogP contribution in [-0.4, -0.2) is 24.8 Å². The number of halogens is 1. The van der Waals surface area contributed by atoms with Crippen molar-refractivity contribution in [3.8, 4) is 5.75 Å². The second-order valence-corrected chi connectivity index (χ2v) is 5.75. The number of benzene rings is 2. The summed E-state index contributed by atoms with van der Waals surface area (Å²) in [5, 5.41) is 2.75. The molecule has 0 saturated heterocycles. The topological polar surface area (TPSA) is 38.3 Å². The monoisotopic (exact) mass is 319 g/mol. The highest BCUT2D eigenvalue weighted by molar-refractivity contribution is 8.00. The first-order chi connectivity index (χ1) is 10.6. The lowest BCUT2D eigenvalue weighted by Crippen LogP contribution is -2.29. The maximum absolute atomic E-state index is 13.4. The number of ether oxygens (including phenoxy) is 1. The molecule has 0 unspecified atom stereocenters. The van der Waals surface area contributed by atoms with Crippen molar-refractivity contribution in [2.75, 3.05) is 18.9 Å². The summed E-state index contributed by atoms with van der Waals surface area (Å²) in [7, 11) is 0. The largest absolute Gasteiger partial charge is 0.492 e. The summed E-state index contributed by atoms with van der Waals surface area (Å²) in [4.78, 5) is 12.2. The molecule has 22 heavy (non-hydrogen) atoms. The average Bonchev–Trinajstić information content (AvgIpc) is 2.51. The molecular formula is C17H18FNO2S. The molecule has 0 bridgehead atoms. The van der Waals surface area contributed by atoms with Crippen LogP contribution in [0.15, 0.2) is 53.4 Å². The number of thioether (sulfide) groups is 1. The quantitative estimate of drug-likeness (QED) is 0.628. The molecule has 0 fully saturated rings. The molecule has 2 aromatic rings. The predicted molar refractivity (Wildman–Crippen MR) is 86.8 cm³/mol. The lowest BCUT2D eigenvalue weighted by molar-refractivity contribution is -0.118. The van der Waals surface area contributed by atoms with Crippen LogP contribution >= 0.6 is 11.8 Å². The molecule has 0 spiro atoms. The molecule has 1 amide bonds. The van der Waals surface area contributed by atoms with Crippen molar-refractivity contribution >= 4 is 17.7 Å². The zero-order valence-corrected chi connectivity index (χ0v) is 13.2. The molecule has 116 valence electrons. The fourth-order valence-corrected chi connectivity index (χ4v) is 2.59. The van der Waals surface area contributed by atoms with E-state index in [0.717, 1.165) is 11.3 Å². The van der Waals surface area contributed by atoms with E-state index in [9.17, 15) is 9.18 Å². The van der Waals surface area contributed by atoms with Crippen LogP contribution < -0.4 is 10.1 Å². The van der Waals surface area contributed by atoms with Gasteiger partial charge in [-0.05, 0) is 36.8 Å². The molecule has 0 aliphatic rings. The number of nitrogens with one attached hydrogen (secondary N) is 1. The Morgan fingerprint density at radius 1 is 1.23 bits per heavy atom. The van der Waals surface area contributed by atoms with Crippen molar-refractivity contribution < 1.29 is 13.9 Å². The lowest BCUT2D eigenvalue weighted by atomic mass is 10.2. The maximum atomic E-state index is 13.4. The zero-order chi connectivity index (χ0) is 15.8. The van der Waals surface area contributed by atoms with Gasteiger partial charge in [0.05, 0.1) is 12.3 Å². The van der Waals surface area contributed by atoms with Gasteiger partial charge in [0.25, 0.3) is 0 Å². The van der Waals surface area contributed by atoms with Crippen LogP contribution in [0, 0.1) is 12.7 Å². The van der Waals surface area contributed by atoms with Gasteiger partial charge in [-0.15, -0.1) is 11.8 Å². The van der Waals surface area contributed by atoms with Crippen LogP contribution in [0.4, 0.5) is 4.39 Å². The van der Waals surface area contributed by atoms with Crippen LogP contribution in [0.5, 0.6) is 5.75 Å². The summed E-state index contributed by atoms with van der Waals surface area (Å²) in [6.45, 7) is 2.82. The van der Waals surface area contributed by atoms with E-state index in [1.807, 2.05) is 31.2 Å². The van der Waals surface area contributed by atoms with E-state index in [1.165, 1.54) is 17.8 Å². The fraction of sp³-hybridized carbons (Fsp3) is 0.235. The van der Waals surface area contributed by atoms with Gasteiger partial charge in [-0.2, -0.15) is 0 Å². The molecule has 2 rings (SSSR count). The Morgan fingerprint density at radius 2 is 2.05 bits per heavy atom. The van der Waals surface area contributed by atoms with Gasteiger partial charge in [-0.25, -0.2) is 4.39 Å². The highest BCUT2D eigenvalue weighted by atomic mass is 32.2. The Balaban J connectivity index is 1.65. The summed E-state index contributed by atoms with van der Waals surface area (Å²) < 4.78 is 18.9. The molecule has 0 atom stereocenters. The van der Waals surface area contributed by atoms with Crippen LogP contribution in [0.2, 0.25) is 0 Å². The Hall–Kier alpha value is -2.01. The third-order valence-corrected chi connectivity index (χ3v) is 3.93. The molecular weight excluding hydrogens is 301 g/mol. The van der Waals surface area contributed by atoms with Gasteiger partial charge in [0.15, 0.2) is 0 Å². The van der Waals surface area contributed by atoms with E-state index in [1.54, 1.807) is 18.2 Å². The zero-order valence-electron chi connectivity index (χ0n) is 12.3. The number of amides is 1. The van der Waals surface area contributed by atoms with Crippen molar-refractivity contribution in [3.05, 3.63) is 59.9 Å². The second kappa shape index (κ2) is 8.44. The van der Waals surface area contributed by atoms with Crippen molar-refractivity contribution in [2.24, 2.45) is 0 Å². The molecule has 0 radical (unpaired) electrons. The van der Waals surface area contributed by atoms with E-state index in [-0.39, 0.29) is 17.5 Å². The number of hydrogen-bond donors (Lipinski definition) is 1. The number of carbonyl (C=O) groups is 1. The molecule has 5 heteroatoms. The SMILES string of the molecule is Cc1cccc(OCCNC(=O)CSc2ccccc2F)c1. The van der Waals surface area contributed by atoms with Crippen molar-refractivity contribution in [1.82, 2.24) is 5.32 Å². The standard InChI is InChI=1S/C17H18FNO2S/c1-13-5-4-6-14(11-13)21-10-9-19-17(20)12-22-16-8-3-2-7-15(16)18/h2-8,11H,9-10,12H2,1H3,(H,19,20). The van der Waals surface area contributed by atoms with Gasteiger partial charge in [-0.3, -0.25) is 4.79 Å². The molecule has 3 nitrogen and oxygen atoms in total. The van der Waals surface area contributed by atoms with Crippen molar-refractivity contribution in [3.63, 3.8) is 0 Å². The minimum atomic E-state index is -0.303. The minimum absolute atomic E-state index is 0.138. The minimum Gasteiger partial charge on any atom is -0.492 e. The first-order valence-corrected chi connectivity index (χ1v) is 7.97. The third-order valence-electron chi connectivity index (χ3n) is 2.88. The molecule has 0 aromatic heterocycles. The Bertz CT molecular complexity index is 634. The second-order valence-electron chi connectivity index (χ2n) is 4.73. The van der Waals surface area contributed by atoms with Crippen LogP contribution in [0.1, 0.15) is 5.56 Å². The molecule has 1 N–H and O–H groups in total. The normalized spacial score (nSPS) is 10.3. The van der Waals surface area contributed by atoms with Crippen LogP contribution in [-0.2, 0) is 4.79 Å². The van der Waals surface area contributed by atoms with Gasteiger partial charge in [-0.1, -0.05) is 24.3 Å². The van der Waals surface area contributed by atoms with Gasteiger partial charge in [0.2, 0.25) is 5.91 Å². The van der Waals surface area contributed by atoms with E-state index in [0.29, 0.717) is 18.0 Å². The van der Waals surface area contributed by atoms with Crippen LogP contribution in [0.3, 0.4) is 0 Å². The smallest absolute Gasteiger partial charge is 0.230 e. The Kier molecular flexibility index (Phi) is 6.27. The summed E-state index contributed by atoms with van der Waals surface area (Å²) in [5.74, 6) is 0.532. The lowest BCUT2D eigenvalue weighted by Gasteiger charge is -2.08. The van der Waals surface area contributed by atoms with Gasteiger partial charge in [0, 0.05) is 4.90 Å². The Morgan fingerprint density at radius 3 is 2.82 bits per heavy atom. The molecule has 2 aromatic carbocycles. The summed E-state index contributed by atoms with van der Waals surface area (Å²) in [5.41, 5.74) is 1.13. The molecule has 0 aliphatic heterocycles. The van der Waals surface area contributed by atoms with E-state index < -0.39 is 0 Å². The first kappa shape index (κ1) is 16.4. The highest BCUT2D eigenvalue weighted by Crippen LogP contribution is 2.20. The molecule has 0 heterocycles. The number of rotatable bonds is 7. The van der Waals surface area contributed by atoms with Crippen molar-refractivity contribution in [2.45, 2.75) is 11.8 Å². The third kappa shape index (κ3) is 5.41. The summed E-state index contributed by atoms with van der Waals surface area (Å²) in [6, 6.07) is 14.2. The fourth-order valence-electron chi connectivity index (χ4n) is 1.82. The number of hydrogen-bond acceptors (Lipinski definition) is 3. The molecule has 0 aliphatic carbocycles. The number of aryl methyl sites for hydroxylation is 1. The summed E-state index contributed by atoms with van der Waals surface area (Å²) >= 11 is 1.18. The highest BCUT2D eigenvalue weighted by Gasteiger charge is 2.05. The van der Waals surface area contributed by atoms with Crippen molar-refractivity contribution in [1.29, 1.82) is 0 Å². The van der Waals surface area contributed by atoms with Crippen LogP contribution in [0.25, 0.3) is 0 Å². The first-order valence-electron chi connectivity index (χ1n) is 6.98. The van der Waals surface area contributed by atoms with E-state index in [2.05, 4.69) is 5.32 Å². The summed E-state index contributed by atoms with van der Waals surface area (Å²) in [6.07, 6.45) is 0. The van der Waals surface area contributed by atoms with Gasteiger partial charge < -0.3 is 10.1 Å². The van der Waals surface area contributed by atoms with Gasteiger partial charge in [0.1, 0.15) is 18.2 Å². The Labute approximate surface area is 133 Å². The maximum Gasteiger partial charge on any atom is 0.230 e. The number of carbonyl (C=O) groups excluding carboxylic acids is 1. The average molecular weight is 319 g/mol. The predicted octanol–water partition coefficient (Wildman–Crippen LogP) is 3.42. The van der Waals surface area contributed by atoms with E-state index in [4.69, 9.17) is 4.74 Å². The molecule has 0 saturated carbocycles. The van der Waals surface area contributed by atoms with E-state index >= 15 is 0 Å². The van der Waals surface area contributed by atoms with Gasteiger partial charge >= 0.3 is 0 Å².